The van der Waals surface area contributed by atoms with Crippen LogP contribution in [0.15, 0.2) is 99.9 Å². The molecule has 1 aliphatic rings. The Kier molecular flexibility index (Phi) is 7.08. The van der Waals surface area contributed by atoms with Gasteiger partial charge in [0.2, 0.25) is 0 Å². The Morgan fingerprint density at radius 1 is 1.05 bits per heavy atom. The fourth-order valence-corrected chi connectivity index (χ4v) is 5.51. The monoisotopic (exact) mass is 530 g/mol. The number of carbonyl (C=O) groups excluding carboxylic acids is 1. The molecule has 0 spiro atoms. The molecular weight excluding hydrogens is 508 g/mol. The van der Waals surface area contributed by atoms with E-state index in [0.717, 1.165) is 11.3 Å². The number of allylic oxidation sites excluding steroid dienone is 1. The predicted octanol–water partition coefficient (Wildman–Crippen LogP) is 5.24. The molecule has 37 heavy (non-hydrogen) atoms. The van der Waals surface area contributed by atoms with Crippen LogP contribution in [0.3, 0.4) is 0 Å². The molecule has 0 amide bonds. The van der Waals surface area contributed by atoms with Crippen molar-refractivity contribution in [2.24, 2.45) is 4.99 Å². The minimum Gasteiger partial charge on any atom is -0.463 e. The number of hydrogen-bond acceptors (Lipinski definition) is 6. The SMILES string of the molecule is CCOC(=O)C1=C(C)N=c2sc(=Cc3cccc(Oc4ccccc4)c3)c(=O)n2C1c1ccccc1Cl. The second-order valence-corrected chi connectivity index (χ2v) is 9.73. The number of hydrogen-bond donors (Lipinski definition) is 0. The van der Waals surface area contributed by atoms with Crippen molar-refractivity contribution in [3.63, 3.8) is 0 Å². The van der Waals surface area contributed by atoms with Crippen molar-refractivity contribution < 1.29 is 14.3 Å². The number of fused-ring (bicyclic) bond motifs is 1. The molecule has 0 radical (unpaired) electrons. The van der Waals surface area contributed by atoms with E-state index in [1.54, 1.807) is 32.1 Å². The van der Waals surface area contributed by atoms with Gasteiger partial charge in [0.25, 0.3) is 5.56 Å². The molecule has 4 aromatic rings. The molecule has 2 heterocycles. The molecule has 1 aromatic heterocycles. The average molecular weight is 531 g/mol. The summed E-state index contributed by atoms with van der Waals surface area (Å²) in [5, 5.41) is 0.448. The van der Waals surface area contributed by atoms with E-state index in [0.29, 0.717) is 36.9 Å². The van der Waals surface area contributed by atoms with E-state index in [2.05, 4.69) is 4.99 Å². The van der Waals surface area contributed by atoms with Crippen LogP contribution >= 0.6 is 22.9 Å². The topological polar surface area (TPSA) is 69.9 Å². The second-order valence-electron chi connectivity index (χ2n) is 8.31. The Labute approximate surface area is 222 Å². The molecule has 0 fully saturated rings. The molecule has 6 nitrogen and oxygen atoms in total. The summed E-state index contributed by atoms with van der Waals surface area (Å²) in [7, 11) is 0. The van der Waals surface area contributed by atoms with Crippen LogP contribution in [-0.4, -0.2) is 17.1 Å². The summed E-state index contributed by atoms with van der Waals surface area (Å²) < 4.78 is 13.3. The highest BCUT2D eigenvalue weighted by molar-refractivity contribution is 7.07. The van der Waals surface area contributed by atoms with Crippen LogP contribution in [0.25, 0.3) is 6.08 Å². The first kappa shape index (κ1) is 24.7. The summed E-state index contributed by atoms with van der Waals surface area (Å²) in [6.45, 7) is 3.69. The smallest absolute Gasteiger partial charge is 0.338 e. The summed E-state index contributed by atoms with van der Waals surface area (Å²) >= 11 is 7.81. The van der Waals surface area contributed by atoms with Crippen LogP contribution in [0.2, 0.25) is 5.02 Å². The Hall–Kier alpha value is -3.94. The summed E-state index contributed by atoms with van der Waals surface area (Å²) in [5.41, 5.74) is 1.96. The zero-order valence-electron chi connectivity index (χ0n) is 20.2. The second kappa shape index (κ2) is 10.6. The summed E-state index contributed by atoms with van der Waals surface area (Å²) in [5.74, 6) is 0.858. The van der Waals surface area contributed by atoms with Gasteiger partial charge in [0.1, 0.15) is 17.5 Å². The lowest BCUT2D eigenvalue weighted by Crippen LogP contribution is -2.40. The van der Waals surface area contributed by atoms with Gasteiger partial charge in [0, 0.05) is 5.02 Å². The van der Waals surface area contributed by atoms with Gasteiger partial charge < -0.3 is 9.47 Å². The largest absolute Gasteiger partial charge is 0.463 e. The fraction of sp³-hybridized carbons (Fsp3) is 0.138. The molecule has 3 aromatic carbocycles. The summed E-state index contributed by atoms with van der Waals surface area (Å²) in [4.78, 5) is 31.8. The van der Waals surface area contributed by atoms with Gasteiger partial charge in [-0.3, -0.25) is 9.36 Å². The van der Waals surface area contributed by atoms with E-state index in [9.17, 15) is 9.59 Å². The molecule has 1 aliphatic heterocycles. The van der Waals surface area contributed by atoms with E-state index in [-0.39, 0.29) is 12.2 Å². The van der Waals surface area contributed by atoms with Crippen molar-refractivity contribution in [3.05, 3.63) is 126 Å². The molecule has 0 aliphatic carbocycles. The van der Waals surface area contributed by atoms with Crippen molar-refractivity contribution in [2.45, 2.75) is 19.9 Å². The Bertz CT molecular complexity index is 1690. The number of aromatic nitrogens is 1. The van der Waals surface area contributed by atoms with E-state index in [1.807, 2.05) is 66.7 Å². The molecule has 0 N–H and O–H groups in total. The molecule has 5 rings (SSSR count). The van der Waals surface area contributed by atoms with Crippen LogP contribution in [0.5, 0.6) is 11.5 Å². The number of benzene rings is 3. The molecule has 0 saturated carbocycles. The molecular formula is C29H23ClN2O4S. The van der Waals surface area contributed by atoms with Crippen LogP contribution in [0, 0.1) is 0 Å². The average Bonchev–Trinajstić information content (AvgIpc) is 3.18. The van der Waals surface area contributed by atoms with Crippen molar-refractivity contribution in [1.82, 2.24) is 4.57 Å². The van der Waals surface area contributed by atoms with Gasteiger partial charge in [-0.2, -0.15) is 0 Å². The van der Waals surface area contributed by atoms with Gasteiger partial charge in [-0.05, 0) is 61.4 Å². The minimum atomic E-state index is -0.751. The molecule has 1 unspecified atom stereocenters. The first-order valence-corrected chi connectivity index (χ1v) is 12.9. The van der Waals surface area contributed by atoms with E-state index < -0.39 is 12.0 Å². The minimum absolute atomic E-state index is 0.205. The Balaban J connectivity index is 1.63. The van der Waals surface area contributed by atoms with Gasteiger partial charge in [0.15, 0.2) is 4.80 Å². The standard InChI is InChI=1S/C29H23ClN2O4S/c1-3-35-28(34)25-18(2)31-29-32(26(25)22-14-7-8-15-23(22)30)27(33)24(37-29)17-19-10-9-13-21(16-19)36-20-11-5-4-6-12-20/h4-17,26H,3H2,1-2H3. The van der Waals surface area contributed by atoms with Crippen molar-refractivity contribution >= 4 is 35.0 Å². The number of nitrogens with zero attached hydrogens (tertiary/aromatic N) is 2. The number of esters is 1. The van der Waals surface area contributed by atoms with Crippen LogP contribution in [-0.2, 0) is 9.53 Å². The maximum absolute atomic E-state index is 13.8. The van der Waals surface area contributed by atoms with E-state index in [4.69, 9.17) is 21.1 Å². The fourth-order valence-electron chi connectivity index (χ4n) is 4.23. The lowest BCUT2D eigenvalue weighted by molar-refractivity contribution is -0.139. The lowest BCUT2D eigenvalue weighted by atomic mass is 9.96. The number of ether oxygens (including phenoxy) is 2. The van der Waals surface area contributed by atoms with Crippen LogP contribution in [0.4, 0.5) is 0 Å². The lowest BCUT2D eigenvalue weighted by Gasteiger charge is -2.25. The molecule has 8 heteroatoms. The summed E-state index contributed by atoms with van der Waals surface area (Å²) in [6, 6.07) is 23.4. The predicted molar refractivity (Wildman–Crippen MR) is 145 cm³/mol. The highest BCUT2D eigenvalue weighted by Gasteiger charge is 2.34. The van der Waals surface area contributed by atoms with Gasteiger partial charge in [-0.1, -0.05) is 71.5 Å². The first-order valence-electron chi connectivity index (χ1n) is 11.7. The highest BCUT2D eigenvalue weighted by atomic mass is 35.5. The number of rotatable bonds is 6. The highest BCUT2D eigenvalue weighted by Crippen LogP contribution is 2.34. The molecule has 0 saturated heterocycles. The third kappa shape index (κ3) is 5.01. The van der Waals surface area contributed by atoms with E-state index >= 15 is 0 Å². The third-order valence-corrected chi connectivity index (χ3v) is 7.18. The molecule has 0 bridgehead atoms. The van der Waals surface area contributed by atoms with E-state index in [1.165, 1.54) is 15.9 Å². The molecule has 1 atom stereocenters. The van der Waals surface area contributed by atoms with Gasteiger partial charge in [0.05, 0.1) is 22.4 Å². The number of thiazole rings is 1. The maximum Gasteiger partial charge on any atom is 0.338 e. The normalized spacial score (nSPS) is 15.2. The van der Waals surface area contributed by atoms with Gasteiger partial charge >= 0.3 is 5.97 Å². The molecule has 186 valence electrons. The van der Waals surface area contributed by atoms with Crippen molar-refractivity contribution in [2.75, 3.05) is 6.61 Å². The maximum atomic E-state index is 13.8. The first-order chi connectivity index (χ1) is 18.0. The number of para-hydroxylation sites is 1. The number of carbonyl (C=O) groups is 1. The van der Waals surface area contributed by atoms with Gasteiger partial charge in [-0.25, -0.2) is 9.79 Å². The van der Waals surface area contributed by atoms with Crippen molar-refractivity contribution in [3.8, 4) is 11.5 Å². The third-order valence-electron chi connectivity index (χ3n) is 5.85. The van der Waals surface area contributed by atoms with Crippen LogP contribution < -0.4 is 19.6 Å². The number of halogens is 1. The van der Waals surface area contributed by atoms with Crippen molar-refractivity contribution in [1.29, 1.82) is 0 Å². The summed E-state index contributed by atoms with van der Waals surface area (Å²) in [6.07, 6.45) is 1.80. The van der Waals surface area contributed by atoms with Crippen LogP contribution in [0.1, 0.15) is 31.0 Å². The quantitative estimate of drug-likeness (QED) is 0.319. The van der Waals surface area contributed by atoms with Gasteiger partial charge in [-0.15, -0.1) is 0 Å². The Morgan fingerprint density at radius 3 is 2.54 bits per heavy atom. The zero-order chi connectivity index (χ0) is 25.9. The Morgan fingerprint density at radius 2 is 1.78 bits per heavy atom. The zero-order valence-corrected chi connectivity index (χ0v) is 21.8.